The lowest BCUT2D eigenvalue weighted by Crippen LogP contribution is -1.88. The molecular weight excluding hydrogens is 198 g/mol. The van der Waals surface area contributed by atoms with Gasteiger partial charge in [-0.3, -0.25) is 4.98 Å². The Labute approximate surface area is 85.7 Å². The third kappa shape index (κ3) is 1.26. The van der Waals surface area contributed by atoms with Gasteiger partial charge in [-0.15, -0.1) is 0 Å². The lowest BCUT2D eigenvalue weighted by Gasteiger charge is -2.01. The lowest BCUT2D eigenvalue weighted by molar-refractivity contribution is 1.37. The minimum atomic E-state index is 0.366. The molecule has 0 saturated carbocycles. The second kappa shape index (κ2) is 3.17. The maximum Gasteiger partial charge on any atom is 0.102 e. The Kier molecular flexibility index (Phi) is 1.99. The van der Waals surface area contributed by atoms with Gasteiger partial charge in [0.2, 0.25) is 0 Å². The van der Waals surface area contributed by atoms with Crippen molar-refractivity contribution in [3.05, 3.63) is 35.0 Å². The van der Waals surface area contributed by atoms with Crippen molar-refractivity contribution < 1.29 is 0 Å². The standard InChI is InChI=1S/C10H6ClN3/c11-10-6(4-12)5-14-9-2-1-7(13)3-8(9)10/h1-3,5H,13H2. The second-order valence-electron chi connectivity index (χ2n) is 2.87. The highest BCUT2D eigenvalue weighted by atomic mass is 35.5. The molecule has 3 nitrogen and oxygen atoms in total. The molecule has 2 N–H and O–H groups in total. The first-order valence-corrected chi connectivity index (χ1v) is 4.34. The van der Waals surface area contributed by atoms with Crippen molar-refractivity contribution in [2.45, 2.75) is 0 Å². The van der Waals surface area contributed by atoms with Gasteiger partial charge < -0.3 is 5.73 Å². The van der Waals surface area contributed by atoms with Crippen molar-refractivity contribution in [3.8, 4) is 6.07 Å². The number of rotatable bonds is 0. The van der Waals surface area contributed by atoms with Gasteiger partial charge in [0.15, 0.2) is 0 Å². The molecule has 4 heteroatoms. The van der Waals surface area contributed by atoms with E-state index in [1.807, 2.05) is 6.07 Å². The van der Waals surface area contributed by atoms with Crippen LogP contribution in [0.15, 0.2) is 24.4 Å². The number of nitrogens with zero attached hydrogens (tertiary/aromatic N) is 2. The Balaban J connectivity index is 2.88. The zero-order valence-electron chi connectivity index (χ0n) is 7.16. The number of nitriles is 1. The molecule has 2 aromatic rings. The molecule has 1 aromatic carbocycles. The largest absolute Gasteiger partial charge is 0.399 e. The maximum absolute atomic E-state index is 8.74. The molecular formula is C10H6ClN3. The Morgan fingerprint density at radius 1 is 1.43 bits per heavy atom. The highest BCUT2D eigenvalue weighted by Gasteiger charge is 2.05. The number of halogens is 1. The van der Waals surface area contributed by atoms with E-state index >= 15 is 0 Å². The van der Waals surface area contributed by atoms with E-state index in [0.29, 0.717) is 21.7 Å². The van der Waals surface area contributed by atoms with Crippen molar-refractivity contribution in [1.29, 1.82) is 5.26 Å². The Morgan fingerprint density at radius 3 is 2.93 bits per heavy atom. The summed E-state index contributed by atoms with van der Waals surface area (Å²) >= 11 is 6.00. The van der Waals surface area contributed by atoms with Crippen molar-refractivity contribution in [2.75, 3.05) is 5.73 Å². The van der Waals surface area contributed by atoms with Gasteiger partial charge in [-0.05, 0) is 18.2 Å². The SMILES string of the molecule is N#Cc1cnc2ccc(N)cc2c1Cl. The molecule has 0 aliphatic rings. The van der Waals surface area contributed by atoms with Crippen LogP contribution in [0.4, 0.5) is 5.69 Å². The molecule has 0 fully saturated rings. The summed E-state index contributed by atoms with van der Waals surface area (Å²) in [7, 11) is 0. The predicted octanol–water partition coefficient (Wildman–Crippen LogP) is 2.34. The zero-order valence-corrected chi connectivity index (χ0v) is 7.92. The van der Waals surface area contributed by atoms with E-state index in [-0.39, 0.29) is 0 Å². The molecule has 1 heterocycles. The van der Waals surface area contributed by atoms with Crippen molar-refractivity contribution >= 4 is 28.2 Å². The third-order valence-electron chi connectivity index (χ3n) is 1.95. The second-order valence-corrected chi connectivity index (χ2v) is 3.25. The summed E-state index contributed by atoms with van der Waals surface area (Å²) in [5.74, 6) is 0. The van der Waals surface area contributed by atoms with E-state index in [1.165, 1.54) is 6.20 Å². The van der Waals surface area contributed by atoms with Crippen LogP contribution in [0.25, 0.3) is 10.9 Å². The summed E-state index contributed by atoms with van der Waals surface area (Å²) in [6.45, 7) is 0. The highest BCUT2D eigenvalue weighted by Crippen LogP contribution is 2.26. The Morgan fingerprint density at radius 2 is 2.21 bits per heavy atom. The first-order chi connectivity index (χ1) is 6.72. The molecule has 1 aromatic heterocycles. The average Bonchev–Trinajstić information content (AvgIpc) is 2.20. The number of fused-ring (bicyclic) bond motifs is 1. The molecule has 0 radical (unpaired) electrons. The minimum Gasteiger partial charge on any atom is -0.399 e. The topological polar surface area (TPSA) is 62.7 Å². The van der Waals surface area contributed by atoms with Gasteiger partial charge in [0.1, 0.15) is 6.07 Å². The van der Waals surface area contributed by atoms with Gasteiger partial charge in [0.05, 0.1) is 16.1 Å². The molecule has 2 rings (SSSR count). The molecule has 0 amide bonds. The van der Waals surface area contributed by atoms with Gasteiger partial charge in [-0.1, -0.05) is 11.6 Å². The lowest BCUT2D eigenvalue weighted by atomic mass is 10.1. The first kappa shape index (κ1) is 8.79. The molecule has 0 saturated heterocycles. The molecule has 14 heavy (non-hydrogen) atoms. The Hall–Kier alpha value is -1.79. The summed E-state index contributed by atoms with van der Waals surface area (Å²) in [6.07, 6.45) is 1.46. The summed E-state index contributed by atoms with van der Waals surface area (Å²) in [5.41, 5.74) is 7.33. The fourth-order valence-electron chi connectivity index (χ4n) is 1.26. The van der Waals surface area contributed by atoms with Crippen LogP contribution in [0.5, 0.6) is 0 Å². The van der Waals surface area contributed by atoms with E-state index < -0.39 is 0 Å². The minimum absolute atomic E-state index is 0.366. The molecule has 0 aliphatic carbocycles. The van der Waals surface area contributed by atoms with Gasteiger partial charge in [-0.2, -0.15) is 5.26 Å². The van der Waals surface area contributed by atoms with Crippen LogP contribution in [0.2, 0.25) is 5.02 Å². The Bertz CT molecular complexity index is 543. The summed E-state index contributed by atoms with van der Waals surface area (Å²) < 4.78 is 0. The molecule has 0 aliphatic heterocycles. The molecule has 0 bridgehead atoms. The summed E-state index contributed by atoms with van der Waals surface area (Å²) in [5, 5.41) is 9.86. The monoisotopic (exact) mass is 203 g/mol. The van der Waals surface area contributed by atoms with Gasteiger partial charge >= 0.3 is 0 Å². The van der Waals surface area contributed by atoms with Crippen LogP contribution in [0.1, 0.15) is 5.56 Å². The van der Waals surface area contributed by atoms with Gasteiger partial charge in [0.25, 0.3) is 0 Å². The van der Waals surface area contributed by atoms with E-state index in [9.17, 15) is 0 Å². The molecule has 0 unspecified atom stereocenters. The van der Waals surface area contributed by atoms with Crippen LogP contribution < -0.4 is 5.73 Å². The first-order valence-electron chi connectivity index (χ1n) is 3.96. The quantitative estimate of drug-likeness (QED) is 0.669. The molecule has 0 atom stereocenters. The number of aromatic nitrogens is 1. The number of anilines is 1. The number of nitrogens with two attached hydrogens (primary N) is 1. The number of hydrogen-bond donors (Lipinski definition) is 1. The third-order valence-corrected chi connectivity index (χ3v) is 2.35. The van der Waals surface area contributed by atoms with Crippen LogP contribution >= 0.6 is 11.6 Å². The number of benzene rings is 1. The van der Waals surface area contributed by atoms with Crippen molar-refractivity contribution in [2.24, 2.45) is 0 Å². The number of pyridine rings is 1. The van der Waals surface area contributed by atoms with Crippen LogP contribution in [-0.2, 0) is 0 Å². The fourth-order valence-corrected chi connectivity index (χ4v) is 1.50. The molecule has 0 spiro atoms. The van der Waals surface area contributed by atoms with Crippen LogP contribution in [0.3, 0.4) is 0 Å². The van der Waals surface area contributed by atoms with E-state index in [4.69, 9.17) is 22.6 Å². The normalized spacial score (nSPS) is 10.0. The zero-order chi connectivity index (χ0) is 10.1. The van der Waals surface area contributed by atoms with Crippen LogP contribution in [0, 0.1) is 11.3 Å². The van der Waals surface area contributed by atoms with E-state index in [1.54, 1.807) is 18.2 Å². The van der Waals surface area contributed by atoms with Gasteiger partial charge in [-0.25, -0.2) is 0 Å². The maximum atomic E-state index is 8.74. The highest BCUT2D eigenvalue weighted by molar-refractivity contribution is 6.36. The van der Waals surface area contributed by atoms with Gasteiger partial charge in [0, 0.05) is 17.3 Å². The van der Waals surface area contributed by atoms with E-state index in [2.05, 4.69) is 4.98 Å². The number of nitrogen functional groups attached to an aromatic ring is 1. The number of hydrogen-bond acceptors (Lipinski definition) is 3. The van der Waals surface area contributed by atoms with Crippen molar-refractivity contribution in [1.82, 2.24) is 4.98 Å². The van der Waals surface area contributed by atoms with Crippen molar-refractivity contribution in [3.63, 3.8) is 0 Å². The van der Waals surface area contributed by atoms with E-state index in [0.717, 1.165) is 5.52 Å². The van der Waals surface area contributed by atoms with Crippen LogP contribution in [-0.4, -0.2) is 4.98 Å². The smallest absolute Gasteiger partial charge is 0.102 e. The fraction of sp³-hybridized carbons (Fsp3) is 0. The predicted molar refractivity (Wildman–Crippen MR) is 55.9 cm³/mol. The summed E-state index contributed by atoms with van der Waals surface area (Å²) in [6, 6.07) is 7.21. The summed E-state index contributed by atoms with van der Waals surface area (Å²) in [4.78, 5) is 4.09. The molecule has 68 valence electrons. The average molecular weight is 204 g/mol.